The first-order chi connectivity index (χ1) is 16.1. The van der Waals surface area contributed by atoms with E-state index in [9.17, 15) is 29.6 Å². The standard InChI is InChI=1S/C18H19N7O6S3/c1-7-11(25(30)31)4-23(22-7)8(2)14(26)19-12-15(27)24-13(17(28)29)10(5-32-16(12)24)6-33-18-21-20-9(3)34-18/h4,8,12,16H,5-6H2,1-3H3,(H,19,26)(H,28,29)/t8-,12-,16-/m0/s1. The summed E-state index contributed by atoms with van der Waals surface area (Å²) in [5.74, 6) is -1.55. The number of carboxylic acid groups (broad SMARTS) is 1. The molecule has 1 fully saturated rings. The Balaban J connectivity index is 1.45. The number of amides is 2. The summed E-state index contributed by atoms with van der Waals surface area (Å²) >= 11 is 4.13. The van der Waals surface area contributed by atoms with Crippen LogP contribution in [0.15, 0.2) is 21.8 Å². The highest BCUT2D eigenvalue weighted by molar-refractivity contribution is 8.01. The lowest BCUT2D eigenvalue weighted by atomic mass is 10.0. The molecule has 13 nitrogen and oxygen atoms in total. The molecule has 16 heteroatoms. The number of rotatable bonds is 8. The third-order valence-corrected chi connectivity index (χ3v) is 8.69. The molecular weight excluding hydrogens is 506 g/mol. The maximum Gasteiger partial charge on any atom is 0.352 e. The van der Waals surface area contributed by atoms with E-state index in [1.165, 1.54) is 64.5 Å². The molecule has 2 aliphatic rings. The highest BCUT2D eigenvalue weighted by Crippen LogP contribution is 2.42. The van der Waals surface area contributed by atoms with E-state index in [-0.39, 0.29) is 17.1 Å². The maximum absolute atomic E-state index is 12.8. The van der Waals surface area contributed by atoms with Crippen molar-refractivity contribution < 1.29 is 24.4 Å². The molecule has 2 aliphatic heterocycles. The molecule has 180 valence electrons. The summed E-state index contributed by atoms with van der Waals surface area (Å²) < 4.78 is 1.88. The number of aliphatic carboxylic acids is 1. The van der Waals surface area contributed by atoms with Gasteiger partial charge in [0.1, 0.15) is 40.1 Å². The van der Waals surface area contributed by atoms with Gasteiger partial charge in [0.2, 0.25) is 5.91 Å². The number of thioether (sulfide) groups is 2. The van der Waals surface area contributed by atoms with Crippen molar-refractivity contribution in [3.63, 3.8) is 0 Å². The number of carbonyl (C=O) groups is 3. The van der Waals surface area contributed by atoms with Gasteiger partial charge in [-0.2, -0.15) is 5.10 Å². The van der Waals surface area contributed by atoms with Gasteiger partial charge in [-0.25, -0.2) is 4.79 Å². The lowest BCUT2D eigenvalue weighted by molar-refractivity contribution is -0.385. The zero-order valence-electron chi connectivity index (χ0n) is 18.1. The number of nitrogens with zero attached hydrogens (tertiary/aromatic N) is 6. The number of carboxylic acids is 1. The Labute approximate surface area is 205 Å². The van der Waals surface area contributed by atoms with Gasteiger partial charge >= 0.3 is 11.7 Å². The molecule has 4 heterocycles. The molecular formula is C18H19N7O6S3. The smallest absolute Gasteiger partial charge is 0.352 e. The second kappa shape index (κ2) is 9.34. The maximum atomic E-state index is 12.8. The molecule has 0 saturated carbocycles. The van der Waals surface area contributed by atoms with Crippen molar-refractivity contribution in [2.45, 2.75) is 42.6 Å². The van der Waals surface area contributed by atoms with E-state index < -0.39 is 40.2 Å². The molecule has 1 saturated heterocycles. The zero-order valence-corrected chi connectivity index (χ0v) is 20.6. The topological polar surface area (TPSA) is 173 Å². The third-order valence-electron chi connectivity index (χ3n) is 5.29. The van der Waals surface area contributed by atoms with Crippen LogP contribution in [-0.4, -0.2) is 75.6 Å². The van der Waals surface area contributed by atoms with Crippen LogP contribution >= 0.6 is 34.9 Å². The van der Waals surface area contributed by atoms with Crippen molar-refractivity contribution in [3.05, 3.63) is 38.3 Å². The largest absolute Gasteiger partial charge is 0.477 e. The first kappa shape index (κ1) is 24.2. The van der Waals surface area contributed by atoms with Gasteiger partial charge < -0.3 is 10.4 Å². The quantitative estimate of drug-likeness (QED) is 0.220. The Morgan fingerprint density at radius 2 is 2.15 bits per heavy atom. The summed E-state index contributed by atoms with van der Waals surface area (Å²) in [5, 5.41) is 35.7. The van der Waals surface area contributed by atoms with Gasteiger partial charge in [0.15, 0.2) is 4.34 Å². The van der Waals surface area contributed by atoms with Crippen LogP contribution in [0.25, 0.3) is 0 Å². The van der Waals surface area contributed by atoms with Crippen LogP contribution < -0.4 is 5.32 Å². The average molecular weight is 526 g/mol. The number of β-lactam (4-membered cyclic amide) rings is 1. The minimum atomic E-state index is -1.21. The van der Waals surface area contributed by atoms with Crippen molar-refractivity contribution in [3.8, 4) is 0 Å². The Kier molecular flexibility index (Phi) is 6.64. The highest BCUT2D eigenvalue weighted by Gasteiger charge is 2.54. The molecule has 2 aromatic heterocycles. The van der Waals surface area contributed by atoms with E-state index in [0.29, 0.717) is 21.4 Å². The van der Waals surface area contributed by atoms with Gasteiger partial charge in [0.05, 0.1) is 4.92 Å². The SMILES string of the molecule is Cc1nnc(SCC2=C(C(=O)O)N3C(=O)[C@H](NC(=O)[C@H](C)n4cc([N+](=O)[O-])c(C)n4)[C@@H]3SC2)s1. The van der Waals surface area contributed by atoms with E-state index in [4.69, 9.17) is 0 Å². The molecule has 2 aromatic rings. The number of carbonyl (C=O) groups excluding carboxylic acids is 2. The fourth-order valence-electron chi connectivity index (χ4n) is 3.52. The fraction of sp³-hybridized carbons (Fsp3) is 0.444. The summed E-state index contributed by atoms with van der Waals surface area (Å²) in [4.78, 5) is 49.2. The van der Waals surface area contributed by atoms with E-state index in [0.717, 1.165) is 5.01 Å². The van der Waals surface area contributed by atoms with Crippen LogP contribution in [0.5, 0.6) is 0 Å². The fourth-order valence-corrected chi connectivity index (χ4v) is 6.82. The Bertz CT molecular complexity index is 1220. The monoisotopic (exact) mass is 525 g/mol. The molecule has 0 aromatic carbocycles. The molecule has 2 N–H and O–H groups in total. The van der Waals surface area contributed by atoms with Crippen molar-refractivity contribution >= 4 is 58.3 Å². The molecule has 3 atom stereocenters. The van der Waals surface area contributed by atoms with Crippen LogP contribution in [0.3, 0.4) is 0 Å². The predicted molar refractivity (Wildman–Crippen MR) is 123 cm³/mol. The molecule has 2 amide bonds. The first-order valence-corrected chi connectivity index (χ1v) is 12.8. The number of aryl methyl sites for hydroxylation is 2. The molecule has 0 spiro atoms. The van der Waals surface area contributed by atoms with Crippen LogP contribution in [0, 0.1) is 24.0 Å². The summed E-state index contributed by atoms with van der Waals surface area (Å²) in [6.07, 6.45) is 1.17. The molecule has 0 radical (unpaired) electrons. The van der Waals surface area contributed by atoms with Crippen LogP contribution in [-0.2, 0) is 14.4 Å². The minimum absolute atomic E-state index is 0.0700. The zero-order chi connectivity index (χ0) is 24.7. The predicted octanol–water partition coefficient (Wildman–Crippen LogP) is 1.35. The summed E-state index contributed by atoms with van der Waals surface area (Å²) in [7, 11) is 0. The average Bonchev–Trinajstić information content (AvgIpc) is 3.39. The normalized spacial score (nSPS) is 20.6. The van der Waals surface area contributed by atoms with Gasteiger partial charge in [-0.1, -0.05) is 23.1 Å². The number of nitrogens with one attached hydrogen (secondary N) is 1. The number of nitro groups is 1. The van der Waals surface area contributed by atoms with Crippen molar-refractivity contribution in [2.75, 3.05) is 11.5 Å². The summed E-state index contributed by atoms with van der Waals surface area (Å²) in [6.45, 7) is 4.80. The molecule has 0 aliphatic carbocycles. The van der Waals surface area contributed by atoms with Crippen LogP contribution in [0.2, 0.25) is 0 Å². The Hall–Kier alpha value is -2.98. The van der Waals surface area contributed by atoms with E-state index >= 15 is 0 Å². The van der Waals surface area contributed by atoms with E-state index in [1.54, 1.807) is 0 Å². The van der Waals surface area contributed by atoms with Crippen LogP contribution in [0.4, 0.5) is 5.69 Å². The van der Waals surface area contributed by atoms with Crippen molar-refractivity contribution in [1.82, 2.24) is 30.2 Å². The first-order valence-electron chi connectivity index (χ1n) is 9.92. The van der Waals surface area contributed by atoms with E-state index in [1.807, 2.05) is 6.92 Å². The Morgan fingerprint density at radius 3 is 2.74 bits per heavy atom. The minimum Gasteiger partial charge on any atom is -0.477 e. The second-order valence-corrected chi connectivity index (χ2v) is 11.1. The lowest BCUT2D eigenvalue weighted by Crippen LogP contribution is -2.71. The lowest BCUT2D eigenvalue weighted by Gasteiger charge is -2.49. The van der Waals surface area contributed by atoms with E-state index in [2.05, 4.69) is 20.6 Å². The highest BCUT2D eigenvalue weighted by atomic mass is 32.2. The number of hydrogen-bond donors (Lipinski definition) is 2. The Morgan fingerprint density at radius 1 is 1.41 bits per heavy atom. The van der Waals surface area contributed by atoms with Crippen molar-refractivity contribution in [2.24, 2.45) is 0 Å². The third kappa shape index (κ3) is 4.39. The van der Waals surface area contributed by atoms with Gasteiger partial charge in [-0.3, -0.25) is 29.3 Å². The van der Waals surface area contributed by atoms with Crippen LogP contribution in [0.1, 0.15) is 23.7 Å². The second-order valence-electron chi connectivity index (χ2n) is 7.54. The van der Waals surface area contributed by atoms with Crippen molar-refractivity contribution in [1.29, 1.82) is 0 Å². The molecule has 4 rings (SSSR count). The summed E-state index contributed by atoms with van der Waals surface area (Å²) in [6, 6.07) is -1.80. The number of fused-ring (bicyclic) bond motifs is 1. The van der Waals surface area contributed by atoms with Gasteiger partial charge in [0, 0.05) is 11.5 Å². The van der Waals surface area contributed by atoms with Gasteiger partial charge in [-0.15, -0.1) is 22.0 Å². The van der Waals surface area contributed by atoms with Gasteiger partial charge in [-0.05, 0) is 26.3 Å². The van der Waals surface area contributed by atoms with Gasteiger partial charge in [0.25, 0.3) is 5.91 Å². The summed E-state index contributed by atoms with van der Waals surface area (Å²) in [5.41, 5.74) is 0.485. The molecule has 0 bridgehead atoms. The number of aromatic nitrogens is 4. The molecule has 0 unspecified atom stereocenters. The number of hydrogen-bond acceptors (Lipinski definition) is 11. The molecule has 34 heavy (non-hydrogen) atoms.